The minimum Gasteiger partial charge on any atom is -0.490 e. The van der Waals surface area contributed by atoms with Gasteiger partial charge in [-0.05, 0) is 94.9 Å². The zero-order chi connectivity index (χ0) is 26.4. The van der Waals surface area contributed by atoms with Gasteiger partial charge >= 0.3 is 0 Å². The average molecular weight is 693 g/mol. The molecule has 0 radical (unpaired) electrons. The van der Waals surface area contributed by atoms with Crippen molar-refractivity contribution in [3.05, 3.63) is 90.8 Å². The largest absolute Gasteiger partial charge is 0.490 e. The molecule has 0 saturated carbocycles. The van der Waals surface area contributed by atoms with E-state index in [2.05, 4.69) is 43.8 Å². The fourth-order valence-electron chi connectivity index (χ4n) is 3.49. The van der Waals surface area contributed by atoms with Crippen LogP contribution in [0.2, 0.25) is 0 Å². The van der Waals surface area contributed by atoms with Crippen molar-refractivity contribution in [2.45, 2.75) is 13.5 Å². The van der Waals surface area contributed by atoms with Crippen molar-refractivity contribution in [3.8, 4) is 11.5 Å². The van der Waals surface area contributed by atoms with E-state index in [1.807, 2.05) is 55.5 Å². The number of anilines is 1. The first-order valence-corrected chi connectivity index (χ1v) is 14.0. The van der Waals surface area contributed by atoms with Crippen molar-refractivity contribution in [2.75, 3.05) is 18.5 Å². The van der Waals surface area contributed by atoms with Crippen molar-refractivity contribution < 1.29 is 23.9 Å². The van der Waals surface area contributed by atoms with E-state index in [1.54, 1.807) is 24.3 Å². The van der Waals surface area contributed by atoms with E-state index < -0.39 is 0 Å². The Morgan fingerprint density at radius 2 is 1.81 bits per heavy atom. The van der Waals surface area contributed by atoms with E-state index in [0.29, 0.717) is 37.8 Å². The topological polar surface area (TPSA) is 84.9 Å². The summed E-state index contributed by atoms with van der Waals surface area (Å²) >= 11 is 6.39. The summed E-state index contributed by atoms with van der Waals surface area (Å²) in [5, 5.41) is 2.46. The van der Waals surface area contributed by atoms with Crippen LogP contribution in [0.15, 0.2) is 76.1 Å². The van der Waals surface area contributed by atoms with Crippen LogP contribution >= 0.6 is 50.3 Å². The lowest BCUT2D eigenvalue weighted by Gasteiger charge is -2.15. The second-order valence-electron chi connectivity index (χ2n) is 7.86. The molecule has 1 aliphatic rings. The maximum Gasteiger partial charge on any atom is 0.293 e. The molecule has 3 aromatic carbocycles. The van der Waals surface area contributed by atoms with Gasteiger partial charge in [-0.3, -0.25) is 19.3 Å². The molecule has 0 bridgehead atoms. The quantitative estimate of drug-likeness (QED) is 0.198. The minimum atomic E-state index is -0.344. The number of amides is 3. The molecule has 1 N–H and O–H groups in total. The number of imide groups is 1. The molecule has 0 aromatic heterocycles. The maximum absolute atomic E-state index is 13.0. The van der Waals surface area contributed by atoms with Crippen molar-refractivity contribution in [1.29, 1.82) is 0 Å². The number of carbonyl (C=O) groups excluding carboxylic acids is 3. The summed E-state index contributed by atoms with van der Waals surface area (Å²) in [6, 6.07) is 20.2. The van der Waals surface area contributed by atoms with E-state index in [0.717, 1.165) is 21.8 Å². The van der Waals surface area contributed by atoms with Crippen LogP contribution < -0.4 is 14.8 Å². The van der Waals surface area contributed by atoms with Gasteiger partial charge in [-0.15, -0.1) is 0 Å². The smallest absolute Gasteiger partial charge is 0.293 e. The summed E-state index contributed by atoms with van der Waals surface area (Å²) in [5.41, 5.74) is 2.22. The van der Waals surface area contributed by atoms with Crippen LogP contribution in [0.5, 0.6) is 11.5 Å². The predicted molar refractivity (Wildman–Crippen MR) is 157 cm³/mol. The van der Waals surface area contributed by atoms with Crippen LogP contribution in [0.3, 0.4) is 0 Å². The molecule has 3 aromatic rings. The number of nitrogens with zero attached hydrogens (tertiary/aromatic N) is 1. The molecular formula is C27H22BrIN2O5S. The molecule has 1 heterocycles. The lowest BCUT2D eigenvalue weighted by Crippen LogP contribution is -2.27. The Morgan fingerprint density at radius 3 is 2.51 bits per heavy atom. The number of carbonyl (C=O) groups is 3. The number of nitrogens with one attached hydrogen (secondary N) is 1. The van der Waals surface area contributed by atoms with Gasteiger partial charge in [0.1, 0.15) is 0 Å². The number of rotatable bonds is 9. The van der Waals surface area contributed by atoms with E-state index in [1.165, 1.54) is 4.90 Å². The summed E-state index contributed by atoms with van der Waals surface area (Å²) in [7, 11) is 0. The van der Waals surface area contributed by atoms with Crippen molar-refractivity contribution in [1.82, 2.24) is 4.90 Å². The Morgan fingerprint density at radius 1 is 1.08 bits per heavy atom. The number of thioether (sulfide) groups is 1. The van der Waals surface area contributed by atoms with E-state index >= 15 is 0 Å². The lowest BCUT2D eigenvalue weighted by molar-refractivity contribution is -0.123. The van der Waals surface area contributed by atoms with Gasteiger partial charge in [0.15, 0.2) is 18.1 Å². The molecule has 37 heavy (non-hydrogen) atoms. The Labute approximate surface area is 240 Å². The van der Waals surface area contributed by atoms with Crippen LogP contribution in [0.25, 0.3) is 6.08 Å². The number of hydrogen-bond acceptors (Lipinski definition) is 6. The normalized spacial score (nSPS) is 14.2. The third-order valence-electron chi connectivity index (χ3n) is 5.16. The maximum atomic E-state index is 13.0. The third kappa shape index (κ3) is 7.14. The fourth-order valence-corrected chi connectivity index (χ4v) is 5.37. The molecule has 0 spiro atoms. The summed E-state index contributed by atoms with van der Waals surface area (Å²) in [6.07, 6.45) is 1.67. The van der Waals surface area contributed by atoms with Gasteiger partial charge in [0, 0.05) is 10.2 Å². The van der Waals surface area contributed by atoms with Crippen molar-refractivity contribution in [3.63, 3.8) is 0 Å². The van der Waals surface area contributed by atoms with Crippen LogP contribution in [0, 0.1) is 3.57 Å². The predicted octanol–water partition coefficient (Wildman–Crippen LogP) is 6.71. The summed E-state index contributed by atoms with van der Waals surface area (Å²) in [4.78, 5) is 39.5. The monoisotopic (exact) mass is 692 g/mol. The highest BCUT2D eigenvalue weighted by molar-refractivity contribution is 14.1. The van der Waals surface area contributed by atoms with Crippen LogP contribution in [-0.4, -0.2) is 35.2 Å². The standard InChI is InChI=1S/C27H22BrIN2O5S/c1-2-35-22-13-18(12-21(29)25(22)36-16-24(32)30-20-6-4-3-5-7-20)14-23-26(33)31(27(34)37-23)15-17-8-10-19(28)11-9-17/h3-14H,2,15-16H2,1H3,(H,30,32)/b23-14-. The highest BCUT2D eigenvalue weighted by Gasteiger charge is 2.35. The minimum absolute atomic E-state index is 0.195. The molecule has 4 rings (SSSR count). The highest BCUT2D eigenvalue weighted by Crippen LogP contribution is 2.38. The van der Waals surface area contributed by atoms with Gasteiger partial charge in [-0.1, -0.05) is 46.3 Å². The number of halogens is 2. The van der Waals surface area contributed by atoms with E-state index in [-0.39, 0.29) is 30.2 Å². The Balaban J connectivity index is 1.49. The zero-order valence-corrected chi connectivity index (χ0v) is 24.3. The summed E-state index contributed by atoms with van der Waals surface area (Å²) < 4.78 is 13.2. The van der Waals surface area contributed by atoms with E-state index in [9.17, 15) is 14.4 Å². The van der Waals surface area contributed by atoms with Crippen LogP contribution in [0.4, 0.5) is 10.5 Å². The average Bonchev–Trinajstić information content (AvgIpc) is 3.13. The van der Waals surface area contributed by atoms with Gasteiger partial charge in [-0.2, -0.15) is 0 Å². The molecule has 1 aliphatic heterocycles. The number of ether oxygens (including phenoxy) is 2. The highest BCUT2D eigenvalue weighted by atomic mass is 127. The Kier molecular flexibility index (Phi) is 9.28. The number of hydrogen-bond donors (Lipinski definition) is 1. The second kappa shape index (κ2) is 12.6. The first-order valence-electron chi connectivity index (χ1n) is 11.3. The molecular weight excluding hydrogens is 671 g/mol. The Bertz CT molecular complexity index is 1350. The molecule has 0 aliphatic carbocycles. The molecule has 0 unspecified atom stereocenters. The molecule has 190 valence electrons. The summed E-state index contributed by atoms with van der Waals surface area (Å²) in [5.74, 6) is 0.241. The Hall–Kier alpha value is -2.83. The zero-order valence-electron chi connectivity index (χ0n) is 19.7. The third-order valence-corrected chi connectivity index (χ3v) is 7.40. The molecule has 7 nitrogen and oxygen atoms in total. The van der Waals surface area contributed by atoms with Crippen LogP contribution in [-0.2, 0) is 16.1 Å². The fraction of sp³-hybridized carbons (Fsp3) is 0.148. The number of para-hydroxylation sites is 1. The second-order valence-corrected chi connectivity index (χ2v) is 10.9. The van der Waals surface area contributed by atoms with Gasteiger partial charge in [0.25, 0.3) is 17.1 Å². The number of benzene rings is 3. The van der Waals surface area contributed by atoms with Gasteiger partial charge in [0.2, 0.25) is 0 Å². The van der Waals surface area contributed by atoms with Gasteiger partial charge in [-0.25, -0.2) is 0 Å². The van der Waals surface area contributed by atoms with Gasteiger partial charge < -0.3 is 14.8 Å². The summed E-state index contributed by atoms with van der Waals surface area (Å²) in [6.45, 7) is 2.24. The molecule has 1 fully saturated rings. The van der Waals surface area contributed by atoms with Crippen LogP contribution in [0.1, 0.15) is 18.1 Å². The van der Waals surface area contributed by atoms with Crippen molar-refractivity contribution >= 4 is 79.1 Å². The molecule has 1 saturated heterocycles. The van der Waals surface area contributed by atoms with Crippen molar-refractivity contribution in [2.24, 2.45) is 0 Å². The lowest BCUT2D eigenvalue weighted by atomic mass is 10.1. The molecule has 3 amide bonds. The molecule has 0 atom stereocenters. The SMILES string of the molecule is CCOc1cc(/C=C2\SC(=O)N(Cc3ccc(Br)cc3)C2=O)cc(I)c1OCC(=O)Nc1ccccc1. The first-order chi connectivity index (χ1) is 17.8. The first kappa shape index (κ1) is 27.2. The molecule has 10 heteroatoms. The van der Waals surface area contributed by atoms with Gasteiger partial charge in [0.05, 0.1) is 21.6 Å². The van der Waals surface area contributed by atoms with E-state index in [4.69, 9.17) is 9.47 Å².